The monoisotopic (exact) mass is 289 g/mol. The van der Waals surface area contributed by atoms with E-state index in [0.717, 1.165) is 19.5 Å². The Kier molecular flexibility index (Phi) is 4.06. The molecule has 0 aliphatic carbocycles. The average molecular weight is 289 g/mol. The first kappa shape index (κ1) is 13.9. The molecular weight excluding hydrogens is 270 g/mol. The fourth-order valence-electron chi connectivity index (χ4n) is 2.66. The summed E-state index contributed by atoms with van der Waals surface area (Å²) in [7, 11) is 0. The number of ether oxygens (including phenoxy) is 1. The number of amides is 2. The van der Waals surface area contributed by atoms with E-state index >= 15 is 0 Å². The van der Waals surface area contributed by atoms with Gasteiger partial charge in [-0.25, -0.2) is 0 Å². The van der Waals surface area contributed by atoms with E-state index in [0.29, 0.717) is 37.7 Å². The summed E-state index contributed by atoms with van der Waals surface area (Å²) in [6, 6.07) is 7.37. The lowest BCUT2D eigenvalue weighted by Crippen LogP contribution is -2.52. The molecule has 0 atom stereocenters. The van der Waals surface area contributed by atoms with Crippen molar-refractivity contribution in [2.24, 2.45) is 0 Å². The van der Waals surface area contributed by atoms with Crippen molar-refractivity contribution >= 4 is 17.5 Å². The number of nitrogens with one attached hydrogen (secondary N) is 1. The molecule has 1 saturated heterocycles. The lowest BCUT2D eigenvalue weighted by atomic mass is 10.2. The summed E-state index contributed by atoms with van der Waals surface area (Å²) in [5, 5.41) is 3.17. The Balaban J connectivity index is 1.81. The van der Waals surface area contributed by atoms with E-state index in [4.69, 9.17) is 4.74 Å². The summed E-state index contributed by atoms with van der Waals surface area (Å²) in [5.74, 6) is -0.223. The van der Waals surface area contributed by atoms with Gasteiger partial charge in [0, 0.05) is 32.7 Å². The Bertz CT molecular complexity index is 541. The summed E-state index contributed by atoms with van der Waals surface area (Å²) < 4.78 is 5.63. The van der Waals surface area contributed by atoms with Crippen LogP contribution in [-0.2, 0) is 9.59 Å². The van der Waals surface area contributed by atoms with E-state index in [1.54, 1.807) is 9.80 Å². The van der Waals surface area contributed by atoms with Crippen LogP contribution in [0.25, 0.3) is 0 Å². The summed E-state index contributed by atoms with van der Waals surface area (Å²) in [6.45, 7) is 3.70. The summed E-state index contributed by atoms with van der Waals surface area (Å²) >= 11 is 0. The topological polar surface area (TPSA) is 61.9 Å². The van der Waals surface area contributed by atoms with Crippen LogP contribution in [0.4, 0.5) is 5.69 Å². The van der Waals surface area contributed by atoms with Crippen LogP contribution in [0.2, 0.25) is 0 Å². The minimum Gasteiger partial charge on any atom is -0.491 e. The number of hydrogen-bond acceptors (Lipinski definition) is 4. The zero-order chi connectivity index (χ0) is 14.7. The standard InChI is InChI=1S/C15H19N3O3/c19-14(17-9-6-16-7-10-17)15(20)18-8-3-11-21-13-5-2-1-4-12(13)18/h1-2,4-5,16H,3,6-11H2. The highest BCUT2D eigenvalue weighted by molar-refractivity contribution is 6.40. The molecule has 1 N–H and O–H groups in total. The molecule has 0 spiro atoms. The zero-order valence-electron chi connectivity index (χ0n) is 11.9. The maximum Gasteiger partial charge on any atom is 0.316 e. The Morgan fingerprint density at radius 3 is 2.62 bits per heavy atom. The van der Waals surface area contributed by atoms with Crippen LogP contribution in [0.3, 0.4) is 0 Å². The molecular formula is C15H19N3O3. The minimum absolute atomic E-state index is 0.423. The Hall–Kier alpha value is -2.08. The van der Waals surface area contributed by atoms with Crippen molar-refractivity contribution in [2.45, 2.75) is 6.42 Å². The number of anilines is 1. The van der Waals surface area contributed by atoms with Gasteiger partial charge in [0.1, 0.15) is 5.75 Å². The Morgan fingerprint density at radius 2 is 1.81 bits per heavy atom. The van der Waals surface area contributed by atoms with E-state index in [2.05, 4.69) is 5.32 Å². The highest BCUT2D eigenvalue weighted by Crippen LogP contribution is 2.30. The van der Waals surface area contributed by atoms with Crippen molar-refractivity contribution in [3.05, 3.63) is 24.3 Å². The number of para-hydroxylation sites is 2. The van der Waals surface area contributed by atoms with Crippen molar-refractivity contribution in [2.75, 3.05) is 44.2 Å². The van der Waals surface area contributed by atoms with E-state index in [1.807, 2.05) is 24.3 Å². The van der Waals surface area contributed by atoms with Gasteiger partial charge in [-0.1, -0.05) is 12.1 Å². The maximum atomic E-state index is 12.6. The predicted octanol–water partition coefficient (Wildman–Crippen LogP) is 0.234. The highest BCUT2D eigenvalue weighted by Gasteiger charge is 2.30. The molecule has 3 rings (SSSR count). The van der Waals surface area contributed by atoms with Gasteiger partial charge in [-0.2, -0.15) is 0 Å². The third kappa shape index (κ3) is 2.85. The van der Waals surface area contributed by atoms with Crippen LogP contribution < -0.4 is 15.0 Å². The van der Waals surface area contributed by atoms with Gasteiger partial charge in [-0.05, 0) is 18.6 Å². The first-order valence-corrected chi connectivity index (χ1v) is 7.31. The minimum atomic E-state index is -0.463. The molecule has 112 valence electrons. The molecule has 0 radical (unpaired) electrons. The molecule has 0 saturated carbocycles. The van der Waals surface area contributed by atoms with Crippen LogP contribution >= 0.6 is 0 Å². The normalized spacial score (nSPS) is 18.5. The number of fused-ring (bicyclic) bond motifs is 1. The molecule has 2 aliphatic heterocycles. The number of carbonyl (C=O) groups excluding carboxylic acids is 2. The van der Waals surface area contributed by atoms with Gasteiger partial charge < -0.3 is 19.9 Å². The van der Waals surface area contributed by atoms with Crippen LogP contribution in [0.1, 0.15) is 6.42 Å². The number of hydrogen-bond donors (Lipinski definition) is 1. The fraction of sp³-hybridized carbons (Fsp3) is 0.467. The lowest BCUT2D eigenvalue weighted by Gasteiger charge is -2.29. The second kappa shape index (κ2) is 6.13. The fourth-order valence-corrected chi connectivity index (χ4v) is 2.66. The number of piperazine rings is 1. The summed E-state index contributed by atoms with van der Waals surface area (Å²) in [5.41, 5.74) is 0.684. The molecule has 2 heterocycles. The second-order valence-corrected chi connectivity index (χ2v) is 5.17. The largest absolute Gasteiger partial charge is 0.491 e. The molecule has 0 aromatic heterocycles. The molecule has 1 aromatic rings. The van der Waals surface area contributed by atoms with Crippen molar-refractivity contribution in [1.29, 1.82) is 0 Å². The van der Waals surface area contributed by atoms with Crippen LogP contribution in [0.5, 0.6) is 5.75 Å². The SMILES string of the molecule is O=C(C(=O)N1CCCOc2ccccc21)N1CCNCC1. The number of nitrogens with zero attached hydrogens (tertiary/aromatic N) is 2. The van der Waals surface area contributed by atoms with Gasteiger partial charge in [0.25, 0.3) is 0 Å². The first-order valence-electron chi connectivity index (χ1n) is 7.31. The van der Waals surface area contributed by atoms with E-state index in [9.17, 15) is 9.59 Å². The van der Waals surface area contributed by atoms with Crippen LogP contribution in [0.15, 0.2) is 24.3 Å². The number of rotatable bonds is 0. The van der Waals surface area contributed by atoms with Gasteiger partial charge in [0.05, 0.1) is 12.3 Å². The molecule has 6 heteroatoms. The molecule has 1 aromatic carbocycles. The van der Waals surface area contributed by atoms with E-state index in [-0.39, 0.29) is 0 Å². The average Bonchev–Trinajstić information content (AvgIpc) is 2.77. The zero-order valence-corrected chi connectivity index (χ0v) is 11.9. The van der Waals surface area contributed by atoms with E-state index in [1.165, 1.54) is 0 Å². The molecule has 21 heavy (non-hydrogen) atoms. The van der Waals surface area contributed by atoms with Gasteiger partial charge in [0.15, 0.2) is 0 Å². The lowest BCUT2D eigenvalue weighted by molar-refractivity contribution is -0.144. The molecule has 1 fully saturated rings. The van der Waals surface area contributed by atoms with Crippen molar-refractivity contribution in [1.82, 2.24) is 10.2 Å². The molecule has 0 bridgehead atoms. The molecule has 6 nitrogen and oxygen atoms in total. The van der Waals surface area contributed by atoms with Crippen molar-refractivity contribution < 1.29 is 14.3 Å². The molecule has 0 unspecified atom stereocenters. The second-order valence-electron chi connectivity index (χ2n) is 5.17. The van der Waals surface area contributed by atoms with Gasteiger partial charge >= 0.3 is 11.8 Å². The van der Waals surface area contributed by atoms with Crippen LogP contribution in [0, 0.1) is 0 Å². The smallest absolute Gasteiger partial charge is 0.316 e. The van der Waals surface area contributed by atoms with Gasteiger partial charge in [0.2, 0.25) is 0 Å². The summed E-state index contributed by atoms with van der Waals surface area (Å²) in [6.07, 6.45) is 0.718. The highest BCUT2D eigenvalue weighted by atomic mass is 16.5. The van der Waals surface area contributed by atoms with E-state index < -0.39 is 11.8 Å². The maximum absolute atomic E-state index is 12.6. The van der Waals surface area contributed by atoms with Crippen LogP contribution in [-0.4, -0.2) is 56.0 Å². The summed E-state index contributed by atoms with van der Waals surface area (Å²) in [4.78, 5) is 28.1. The molecule has 2 amide bonds. The Labute approximate surface area is 123 Å². The quantitative estimate of drug-likeness (QED) is 0.695. The predicted molar refractivity (Wildman–Crippen MR) is 78.4 cm³/mol. The molecule has 2 aliphatic rings. The van der Waals surface area contributed by atoms with Crippen molar-refractivity contribution in [3.8, 4) is 5.75 Å². The van der Waals surface area contributed by atoms with Gasteiger partial charge in [-0.15, -0.1) is 0 Å². The number of benzene rings is 1. The van der Waals surface area contributed by atoms with Crippen molar-refractivity contribution in [3.63, 3.8) is 0 Å². The number of carbonyl (C=O) groups is 2. The third-order valence-corrected chi connectivity index (χ3v) is 3.77. The Morgan fingerprint density at radius 1 is 1.05 bits per heavy atom. The first-order chi connectivity index (χ1) is 10.3. The third-order valence-electron chi connectivity index (χ3n) is 3.77. The van der Waals surface area contributed by atoms with Gasteiger partial charge in [-0.3, -0.25) is 9.59 Å².